The minimum absolute atomic E-state index is 0.241. The van der Waals surface area contributed by atoms with Crippen LogP contribution in [0.5, 0.6) is 0 Å². The predicted octanol–water partition coefficient (Wildman–Crippen LogP) is 3.43. The quantitative estimate of drug-likeness (QED) is 0.589. The number of guanidine groups is 1. The molecule has 1 aliphatic rings. The molecule has 0 radical (unpaired) electrons. The summed E-state index contributed by atoms with van der Waals surface area (Å²) in [6.45, 7) is 6.55. The van der Waals surface area contributed by atoms with Crippen LogP contribution in [-0.4, -0.2) is 43.4 Å². The molecule has 0 aliphatic carbocycles. The molecule has 1 fully saturated rings. The van der Waals surface area contributed by atoms with Gasteiger partial charge in [-0.2, -0.15) is 0 Å². The lowest BCUT2D eigenvalue weighted by atomic mass is 9.84. The number of piperidine rings is 1. The van der Waals surface area contributed by atoms with Gasteiger partial charge in [0, 0.05) is 48.6 Å². The van der Waals surface area contributed by atoms with Crippen LogP contribution in [-0.2, 0) is 10.2 Å². The van der Waals surface area contributed by atoms with E-state index in [1.165, 1.54) is 0 Å². The molecule has 0 saturated carbocycles. The number of nitrogens with two attached hydrogens (primary N) is 1. The monoisotopic (exact) mass is 398 g/mol. The predicted molar refractivity (Wildman–Crippen MR) is 109 cm³/mol. The van der Waals surface area contributed by atoms with Crippen molar-refractivity contribution in [3.8, 4) is 0 Å². The highest BCUT2D eigenvalue weighted by atomic mass is 35.5. The van der Waals surface area contributed by atoms with Crippen molar-refractivity contribution in [1.29, 1.82) is 0 Å². The molecule has 0 bridgehead atoms. The Morgan fingerprint density at radius 1 is 1.38 bits per heavy atom. The van der Waals surface area contributed by atoms with Crippen LogP contribution in [0.25, 0.3) is 0 Å². The number of hydrogen-bond donors (Lipinski definition) is 2. The van der Waals surface area contributed by atoms with Crippen molar-refractivity contribution in [2.75, 3.05) is 26.7 Å². The molecule has 0 spiro atoms. The van der Waals surface area contributed by atoms with Gasteiger partial charge in [-0.15, -0.1) is 0 Å². The van der Waals surface area contributed by atoms with Crippen LogP contribution < -0.4 is 11.1 Å². The Morgan fingerprint density at radius 3 is 2.62 bits per heavy atom. The first-order chi connectivity index (χ1) is 12.2. The summed E-state index contributed by atoms with van der Waals surface area (Å²) >= 11 is 12.8. The summed E-state index contributed by atoms with van der Waals surface area (Å²) in [5.74, 6) is 0.871. The maximum Gasteiger partial charge on any atom is 0.217 e. The van der Waals surface area contributed by atoms with Crippen LogP contribution in [0.2, 0.25) is 10.0 Å². The molecule has 1 heterocycles. The molecule has 1 atom stereocenters. The average Bonchev–Trinajstić information content (AvgIpc) is 2.54. The second-order valence-electron chi connectivity index (χ2n) is 7.51. The lowest BCUT2D eigenvalue weighted by Crippen LogP contribution is -2.49. The Morgan fingerprint density at radius 2 is 2.04 bits per heavy atom. The first-order valence-electron chi connectivity index (χ1n) is 8.93. The van der Waals surface area contributed by atoms with Gasteiger partial charge in [0.25, 0.3) is 0 Å². The standard InChI is InChI=1S/C19H28Cl2N4O/c1-19(2,17-14(20)7-4-8-15(17)21)12-24-18(23-3)25-9-5-6-13(11-25)10-16(22)26/h4,7-8,13H,5-6,9-12H2,1-3H3,(H2,22,26)(H,23,24). The smallest absolute Gasteiger partial charge is 0.217 e. The molecule has 1 amide bonds. The van der Waals surface area contributed by atoms with Gasteiger partial charge in [-0.3, -0.25) is 9.79 Å². The summed E-state index contributed by atoms with van der Waals surface area (Å²) in [5, 5.41) is 4.78. The molecule has 0 aromatic heterocycles. The first-order valence-corrected chi connectivity index (χ1v) is 9.68. The average molecular weight is 399 g/mol. The zero-order valence-electron chi connectivity index (χ0n) is 15.7. The van der Waals surface area contributed by atoms with Gasteiger partial charge in [0.05, 0.1) is 0 Å². The van der Waals surface area contributed by atoms with E-state index in [-0.39, 0.29) is 17.2 Å². The summed E-state index contributed by atoms with van der Waals surface area (Å²) in [4.78, 5) is 17.8. The van der Waals surface area contributed by atoms with E-state index < -0.39 is 0 Å². The highest BCUT2D eigenvalue weighted by Gasteiger charge is 2.28. The minimum atomic E-state index is -0.270. The molecule has 1 aliphatic heterocycles. The molecule has 1 unspecified atom stereocenters. The molecule has 1 aromatic carbocycles. The number of halogens is 2. The fourth-order valence-corrected chi connectivity index (χ4v) is 4.48. The van der Waals surface area contributed by atoms with Gasteiger partial charge in [0.1, 0.15) is 0 Å². The zero-order valence-corrected chi connectivity index (χ0v) is 17.2. The number of aliphatic imine (C=N–C) groups is 1. The molecular weight excluding hydrogens is 371 g/mol. The summed E-state index contributed by atoms with van der Waals surface area (Å²) in [7, 11) is 1.77. The molecule has 7 heteroatoms. The summed E-state index contributed by atoms with van der Waals surface area (Å²) in [6.07, 6.45) is 2.48. The minimum Gasteiger partial charge on any atom is -0.370 e. The lowest BCUT2D eigenvalue weighted by Gasteiger charge is -2.36. The third kappa shape index (κ3) is 5.27. The van der Waals surface area contributed by atoms with Crippen LogP contribution in [0.3, 0.4) is 0 Å². The Kier molecular flexibility index (Phi) is 7.18. The Hall–Kier alpha value is -1.46. The highest BCUT2D eigenvalue weighted by Crippen LogP contribution is 2.35. The zero-order chi connectivity index (χ0) is 19.3. The third-order valence-corrected chi connectivity index (χ3v) is 5.48. The van der Waals surface area contributed by atoms with E-state index >= 15 is 0 Å². The second-order valence-corrected chi connectivity index (χ2v) is 8.32. The van der Waals surface area contributed by atoms with Crippen LogP contribution in [0.1, 0.15) is 38.7 Å². The number of carbonyl (C=O) groups is 1. The lowest BCUT2D eigenvalue weighted by molar-refractivity contribution is -0.119. The molecule has 1 aromatic rings. The fourth-order valence-electron chi connectivity index (χ4n) is 3.57. The van der Waals surface area contributed by atoms with E-state index in [2.05, 4.69) is 29.1 Å². The van der Waals surface area contributed by atoms with Crippen molar-refractivity contribution in [2.45, 2.75) is 38.5 Å². The van der Waals surface area contributed by atoms with Crippen molar-refractivity contribution in [3.63, 3.8) is 0 Å². The van der Waals surface area contributed by atoms with Gasteiger partial charge in [-0.25, -0.2) is 0 Å². The van der Waals surface area contributed by atoms with Crippen LogP contribution >= 0.6 is 23.2 Å². The van der Waals surface area contributed by atoms with E-state index in [1.54, 1.807) is 7.05 Å². The van der Waals surface area contributed by atoms with E-state index in [0.29, 0.717) is 23.0 Å². The maximum absolute atomic E-state index is 11.2. The Balaban J connectivity index is 2.05. The van der Waals surface area contributed by atoms with Gasteiger partial charge in [0.2, 0.25) is 5.91 Å². The summed E-state index contributed by atoms with van der Waals surface area (Å²) in [5.41, 5.74) is 6.01. The number of nitrogens with one attached hydrogen (secondary N) is 1. The van der Waals surface area contributed by atoms with E-state index in [9.17, 15) is 4.79 Å². The molecule has 3 N–H and O–H groups in total. The van der Waals surface area contributed by atoms with Gasteiger partial charge in [-0.05, 0) is 36.5 Å². The van der Waals surface area contributed by atoms with Crippen molar-refractivity contribution in [1.82, 2.24) is 10.2 Å². The molecule has 2 rings (SSSR count). The van der Waals surface area contributed by atoms with Gasteiger partial charge >= 0.3 is 0 Å². The highest BCUT2D eigenvalue weighted by molar-refractivity contribution is 6.36. The third-order valence-electron chi connectivity index (χ3n) is 4.85. The van der Waals surface area contributed by atoms with Crippen molar-refractivity contribution in [3.05, 3.63) is 33.8 Å². The largest absolute Gasteiger partial charge is 0.370 e. The molecular formula is C19H28Cl2N4O. The van der Waals surface area contributed by atoms with E-state index in [0.717, 1.165) is 37.5 Å². The number of hydrogen-bond acceptors (Lipinski definition) is 2. The number of nitrogens with zero attached hydrogens (tertiary/aromatic N) is 2. The number of carbonyl (C=O) groups excluding carboxylic acids is 1. The second kappa shape index (κ2) is 8.96. The normalized spacial score (nSPS) is 18.7. The van der Waals surface area contributed by atoms with Crippen molar-refractivity contribution >= 4 is 35.1 Å². The van der Waals surface area contributed by atoms with Crippen LogP contribution in [0.15, 0.2) is 23.2 Å². The Bertz CT molecular complexity index is 655. The summed E-state index contributed by atoms with van der Waals surface area (Å²) < 4.78 is 0. The number of likely N-dealkylation sites (tertiary alicyclic amines) is 1. The fraction of sp³-hybridized carbons (Fsp3) is 0.579. The summed E-state index contributed by atoms with van der Waals surface area (Å²) in [6, 6.07) is 5.57. The number of primary amides is 1. The van der Waals surface area contributed by atoms with Crippen LogP contribution in [0.4, 0.5) is 0 Å². The van der Waals surface area contributed by atoms with Gasteiger partial charge in [-0.1, -0.05) is 43.1 Å². The number of amides is 1. The molecule has 26 heavy (non-hydrogen) atoms. The first kappa shape index (κ1) is 20.8. The Labute approximate surface area is 165 Å². The van der Waals surface area contributed by atoms with Gasteiger partial charge in [0.15, 0.2) is 5.96 Å². The van der Waals surface area contributed by atoms with E-state index in [1.807, 2.05) is 18.2 Å². The van der Waals surface area contributed by atoms with E-state index in [4.69, 9.17) is 28.9 Å². The number of benzene rings is 1. The molecule has 1 saturated heterocycles. The topological polar surface area (TPSA) is 70.7 Å². The van der Waals surface area contributed by atoms with Crippen molar-refractivity contribution < 1.29 is 4.79 Å². The molecule has 5 nitrogen and oxygen atoms in total. The number of rotatable bonds is 5. The van der Waals surface area contributed by atoms with Crippen molar-refractivity contribution in [2.24, 2.45) is 16.6 Å². The SMILES string of the molecule is CN=C(NCC(C)(C)c1c(Cl)cccc1Cl)N1CCCC(CC(N)=O)C1. The molecule has 144 valence electrons. The maximum atomic E-state index is 11.2. The van der Waals surface area contributed by atoms with Gasteiger partial charge < -0.3 is 16.0 Å². The van der Waals surface area contributed by atoms with Crippen LogP contribution in [0, 0.1) is 5.92 Å².